The Bertz CT molecular complexity index is 114. The van der Waals surface area contributed by atoms with Crippen LogP contribution >= 0.6 is 12.1 Å². The van der Waals surface area contributed by atoms with Gasteiger partial charge in [0.25, 0.3) is 0 Å². The van der Waals surface area contributed by atoms with E-state index in [1.54, 1.807) is 0 Å². The second-order valence-electron chi connectivity index (χ2n) is 2.74. The quantitative estimate of drug-likeness (QED) is 0.619. The first kappa shape index (κ1) is 10.3. The predicted octanol–water partition coefficient (Wildman–Crippen LogP) is 1.22. The molecule has 0 unspecified atom stereocenters. The van der Waals surface area contributed by atoms with E-state index in [-0.39, 0.29) is 0 Å². The van der Waals surface area contributed by atoms with Crippen molar-refractivity contribution < 1.29 is 4.74 Å². The normalized spacial score (nSPS) is 20.2. The third-order valence-electron chi connectivity index (χ3n) is 1.91. The van der Waals surface area contributed by atoms with Crippen LogP contribution < -0.4 is 0 Å². The molecular formula is C8H18N2OS. The van der Waals surface area contributed by atoms with Crippen LogP contribution in [0, 0.1) is 0 Å². The summed E-state index contributed by atoms with van der Waals surface area (Å²) in [5.41, 5.74) is 0. The van der Waals surface area contributed by atoms with Gasteiger partial charge in [0, 0.05) is 38.3 Å². The summed E-state index contributed by atoms with van der Waals surface area (Å²) in [6, 6.07) is 0. The lowest BCUT2D eigenvalue weighted by Crippen LogP contribution is -2.34. The molecule has 0 aromatic rings. The number of hydrogen-bond donors (Lipinski definition) is 0. The molecule has 4 heteroatoms. The fourth-order valence-corrected chi connectivity index (χ4v) is 2.00. The van der Waals surface area contributed by atoms with Crippen LogP contribution in [-0.4, -0.2) is 48.0 Å². The van der Waals surface area contributed by atoms with Crippen molar-refractivity contribution in [1.29, 1.82) is 0 Å². The summed E-state index contributed by atoms with van der Waals surface area (Å²) in [4.78, 5) is 0. The Morgan fingerprint density at radius 2 is 1.83 bits per heavy atom. The first-order valence-electron chi connectivity index (χ1n) is 4.62. The summed E-state index contributed by atoms with van der Waals surface area (Å²) in [7, 11) is 0. The second kappa shape index (κ2) is 5.80. The average Bonchev–Trinajstić information content (AvgIpc) is 2.16. The molecule has 0 atom stereocenters. The lowest BCUT2D eigenvalue weighted by molar-refractivity contribution is 0.0759. The van der Waals surface area contributed by atoms with Gasteiger partial charge in [-0.1, -0.05) is 13.8 Å². The van der Waals surface area contributed by atoms with Crippen LogP contribution in [0.25, 0.3) is 0 Å². The fraction of sp³-hybridized carbons (Fsp3) is 1.00. The first-order valence-corrected chi connectivity index (χ1v) is 5.35. The van der Waals surface area contributed by atoms with Crippen LogP contribution in [0.2, 0.25) is 0 Å². The van der Waals surface area contributed by atoms with E-state index in [0.29, 0.717) is 0 Å². The smallest absolute Gasteiger partial charge is 0.0603 e. The van der Waals surface area contributed by atoms with Gasteiger partial charge in [-0.05, 0) is 0 Å². The fourth-order valence-electron chi connectivity index (χ4n) is 1.13. The van der Waals surface area contributed by atoms with E-state index < -0.39 is 0 Å². The highest BCUT2D eigenvalue weighted by Crippen LogP contribution is 2.16. The van der Waals surface area contributed by atoms with Gasteiger partial charge in [0.05, 0.1) is 13.2 Å². The maximum atomic E-state index is 5.28. The summed E-state index contributed by atoms with van der Waals surface area (Å²) in [6.45, 7) is 10.5. The zero-order valence-corrected chi connectivity index (χ0v) is 8.77. The van der Waals surface area contributed by atoms with Crippen molar-refractivity contribution in [2.45, 2.75) is 13.8 Å². The molecule has 1 aliphatic heterocycles. The average molecular weight is 190 g/mol. The van der Waals surface area contributed by atoms with Crippen molar-refractivity contribution >= 4 is 12.1 Å². The van der Waals surface area contributed by atoms with Gasteiger partial charge in [0.15, 0.2) is 0 Å². The second-order valence-corrected chi connectivity index (χ2v) is 3.93. The van der Waals surface area contributed by atoms with Crippen LogP contribution in [0.4, 0.5) is 0 Å². The number of rotatable bonds is 4. The molecule has 0 spiro atoms. The molecule has 1 aliphatic rings. The van der Waals surface area contributed by atoms with Crippen molar-refractivity contribution in [2.75, 3.05) is 39.4 Å². The third kappa shape index (κ3) is 3.31. The van der Waals surface area contributed by atoms with Gasteiger partial charge >= 0.3 is 0 Å². The van der Waals surface area contributed by atoms with Gasteiger partial charge < -0.3 is 4.74 Å². The Kier molecular flexibility index (Phi) is 4.99. The van der Waals surface area contributed by atoms with Crippen LogP contribution in [0.5, 0.6) is 0 Å². The highest BCUT2D eigenvalue weighted by atomic mass is 32.2. The zero-order valence-electron chi connectivity index (χ0n) is 7.95. The minimum atomic E-state index is 0.883. The van der Waals surface area contributed by atoms with Crippen molar-refractivity contribution in [3.05, 3.63) is 0 Å². The van der Waals surface area contributed by atoms with Crippen LogP contribution in [0.1, 0.15) is 13.8 Å². The molecule has 12 heavy (non-hydrogen) atoms. The van der Waals surface area contributed by atoms with Gasteiger partial charge in [0.2, 0.25) is 0 Å². The topological polar surface area (TPSA) is 15.7 Å². The van der Waals surface area contributed by atoms with Crippen molar-refractivity contribution in [3.63, 3.8) is 0 Å². The zero-order chi connectivity index (χ0) is 8.81. The lowest BCUT2D eigenvalue weighted by atomic mass is 10.5. The van der Waals surface area contributed by atoms with Crippen molar-refractivity contribution in [1.82, 2.24) is 8.61 Å². The highest BCUT2D eigenvalue weighted by molar-refractivity contribution is 7.94. The molecule has 0 aliphatic carbocycles. The summed E-state index contributed by atoms with van der Waals surface area (Å²) >= 11 is 1.85. The number of nitrogens with zero attached hydrogens (tertiary/aromatic N) is 2. The minimum absolute atomic E-state index is 0.883. The SMILES string of the molecule is CCN(CC)SN1CCOCC1. The van der Waals surface area contributed by atoms with Gasteiger partial charge in [-0.2, -0.15) is 0 Å². The van der Waals surface area contributed by atoms with Crippen LogP contribution in [0.15, 0.2) is 0 Å². The monoisotopic (exact) mass is 190 g/mol. The summed E-state index contributed by atoms with van der Waals surface area (Å²) in [5, 5.41) is 0. The third-order valence-corrected chi connectivity index (χ3v) is 3.25. The Labute approximate surface area is 79.3 Å². The van der Waals surface area contributed by atoms with Crippen LogP contribution in [-0.2, 0) is 4.74 Å². The van der Waals surface area contributed by atoms with Gasteiger partial charge in [0.1, 0.15) is 0 Å². The lowest BCUT2D eigenvalue weighted by Gasteiger charge is -2.29. The predicted molar refractivity (Wildman–Crippen MR) is 52.9 cm³/mol. The molecule has 0 saturated carbocycles. The molecule has 1 heterocycles. The minimum Gasteiger partial charge on any atom is -0.379 e. The van der Waals surface area contributed by atoms with Gasteiger partial charge in [-0.15, -0.1) is 0 Å². The Morgan fingerprint density at radius 3 is 2.33 bits per heavy atom. The van der Waals surface area contributed by atoms with Crippen molar-refractivity contribution in [2.24, 2.45) is 0 Å². The van der Waals surface area contributed by atoms with E-state index >= 15 is 0 Å². The molecule has 1 saturated heterocycles. The van der Waals surface area contributed by atoms with E-state index in [2.05, 4.69) is 22.5 Å². The van der Waals surface area contributed by atoms with Gasteiger partial charge in [-0.3, -0.25) is 0 Å². The maximum absolute atomic E-state index is 5.28. The van der Waals surface area contributed by atoms with E-state index in [1.807, 2.05) is 12.1 Å². The number of hydrogen-bond acceptors (Lipinski definition) is 4. The largest absolute Gasteiger partial charge is 0.379 e. The van der Waals surface area contributed by atoms with Crippen molar-refractivity contribution in [3.8, 4) is 0 Å². The van der Waals surface area contributed by atoms with E-state index in [4.69, 9.17) is 4.74 Å². The first-order chi connectivity index (χ1) is 5.86. The summed E-state index contributed by atoms with van der Waals surface area (Å²) in [6.07, 6.45) is 0. The van der Waals surface area contributed by atoms with Crippen LogP contribution in [0.3, 0.4) is 0 Å². The Hall–Kier alpha value is 0.230. The number of ether oxygens (including phenoxy) is 1. The maximum Gasteiger partial charge on any atom is 0.0603 e. The molecule has 0 aromatic heterocycles. The van der Waals surface area contributed by atoms with Gasteiger partial charge in [-0.25, -0.2) is 8.61 Å². The molecule has 0 aromatic carbocycles. The number of morpholine rings is 1. The van der Waals surface area contributed by atoms with E-state index in [1.165, 1.54) is 0 Å². The molecule has 72 valence electrons. The molecular weight excluding hydrogens is 172 g/mol. The molecule has 0 radical (unpaired) electrons. The molecule has 1 fully saturated rings. The summed E-state index contributed by atoms with van der Waals surface area (Å²) in [5.74, 6) is 0. The standard InChI is InChI=1S/C8H18N2OS/c1-3-9(4-2)12-10-5-7-11-8-6-10/h3-8H2,1-2H3. The molecule has 0 amide bonds. The molecule has 1 rings (SSSR count). The Morgan fingerprint density at radius 1 is 1.25 bits per heavy atom. The Balaban J connectivity index is 2.18. The molecule has 0 bridgehead atoms. The van der Waals surface area contributed by atoms with E-state index in [9.17, 15) is 0 Å². The molecule has 3 nitrogen and oxygen atoms in total. The molecule has 0 N–H and O–H groups in total. The summed E-state index contributed by atoms with van der Waals surface area (Å²) < 4.78 is 10.00. The highest BCUT2D eigenvalue weighted by Gasteiger charge is 2.13. The van der Waals surface area contributed by atoms with E-state index in [0.717, 1.165) is 39.4 Å².